The van der Waals surface area contributed by atoms with Crippen LogP contribution in [-0.2, 0) is 11.2 Å². The standard InChI is InChI=1S/C21H24N6OS/c1-5-6-10-18-13(2)23-20-25-21(26-27(20)14(18)3)29-15(4)19(28)24-17-9-7-8-16(11-17)12-22/h7-9,11,15H,5-6,10H2,1-4H3,(H,24,28). The molecule has 0 aliphatic carbocycles. The van der Waals surface area contributed by atoms with Gasteiger partial charge in [0.15, 0.2) is 0 Å². The van der Waals surface area contributed by atoms with Crippen LogP contribution >= 0.6 is 11.8 Å². The molecule has 0 aliphatic heterocycles. The summed E-state index contributed by atoms with van der Waals surface area (Å²) in [7, 11) is 0. The number of hydrogen-bond acceptors (Lipinski definition) is 6. The van der Waals surface area contributed by atoms with Gasteiger partial charge in [-0.15, -0.1) is 5.10 Å². The number of unbranched alkanes of at least 4 members (excludes halogenated alkanes) is 1. The summed E-state index contributed by atoms with van der Waals surface area (Å²) in [5, 5.41) is 16.5. The zero-order valence-corrected chi connectivity index (χ0v) is 17.9. The molecule has 150 valence electrons. The normalized spacial score (nSPS) is 12.0. The second kappa shape index (κ2) is 9.05. The van der Waals surface area contributed by atoms with E-state index in [0.29, 0.717) is 22.2 Å². The third kappa shape index (κ3) is 4.74. The smallest absolute Gasteiger partial charge is 0.253 e. The number of nitrogens with zero attached hydrogens (tertiary/aromatic N) is 5. The SMILES string of the molecule is CCCCc1c(C)nc2nc(SC(C)C(=O)Nc3cccc(C#N)c3)nn2c1C. The molecule has 2 aromatic heterocycles. The molecule has 0 spiro atoms. The van der Waals surface area contributed by atoms with E-state index in [9.17, 15) is 4.79 Å². The van der Waals surface area contributed by atoms with E-state index in [1.165, 1.54) is 17.3 Å². The number of fused-ring (bicyclic) bond motifs is 1. The van der Waals surface area contributed by atoms with Gasteiger partial charge in [-0.3, -0.25) is 4.79 Å². The number of amides is 1. The molecule has 3 rings (SSSR count). The van der Waals surface area contributed by atoms with Crippen LogP contribution in [0.1, 0.15) is 49.2 Å². The molecule has 2 heterocycles. The average molecular weight is 409 g/mol. The van der Waals surface area contributed by atoms with E-state index in [0.717, 1.165) is 30.7 Å². The molecule has 0 aliphatic rings. The number of aryl methyl sites for hydroxylation is 2. The Morgan fingerprint density at radius 2 is 2.14 bits per heavy atom. The minimum absolute atomic E-state index is 0.173. The zero-order valence-electron chi connectivity index (χ0n) is 17.1. The number of nitriles is 1. The highest BCUT2D eigenvalue weighted by atomic mass is 32.2. The third-order valence-electron chi connectivity index (χ3n) is 4.72. The summed E-state index contributed by atoms with van der Waals surface area (Å²) in [6.07, 6.45) is 3.20. The number of carbonyl (C=O) groups excluding carboxylic acids is 1. The van der Waals surface area contributed by atoms with Crippen molar-refractivity contribution >= 4 is 29.1 Å². The molecule has 1 aromatic carbocycles. The Bertz CT molecular complexity index is 1080. The van der Waals surface area contributed by atoms with Crippen LogP contribution < -0.4 is 5.32 Å². The summed E-state index contributed by atoms with van der Waals surface area (Å²) >= 11 is 1.28. The zero-order chi connectivity index (χ0) is 21.0. The Kier molecular flexibility index (Phi) is 6.49. The number of hydrogen-bond donors (Lipinski definition) is 1. The summed E-state index contributed by atoms with van der Waals surface area (Å²) in [5.41, 5.74) is 4.34. The van der Waals surface area contributed by atoms with E-state index >= 15 is 0 Å². The van der Waals surface area contributed by atoms with Crippen LogP contribution in [0.25, 0.3) is 5.78 Å². The first-order chi connectivity index (χ1) is 13.9. The average Bonchev–Trinajstić information content (AvgIpc) is 3.10. The summed E-state index contributed by atoms with van der Waals surface area (Å²) in [5.74, 6) is 0.380. The lowest BCUT2D eigenvalue weighted by atomic mass is 10.1. The van der Waals surface area contributed by atoms with Gasteiger partial charge in [0.25, 0.3) is 5.78 Å². The molecule has 0 fully saturated rings. The van der Waals surface area contributed by atoms with E-state index < -0.39 is 5.25 Å². The molecule has 0 saturated heterocycles. The molecule has 0 saturated carbocycles. The quantitative estimate of drug-likeness (QED) is 0.592. The number of rotatable bonds is 7. The van der Waals surface area contributed by atoms with Gasteiger partial charge in [-0.2, -0.15) is 10.2 Å². The molecule has 29 heavy (non-hydrogen) atoms. The highest BCUT2D eigenvalue weighted by Gasteiger charge is 2.19. The minimum atomic E-state index is -0.404. The van der Waals surface area contributed by atoms with Gasteiger partial charge in [0.05, 0.1) is 16.9 Å². The van der Waals surface area contributed by atoms with Crippen molar-refractivity contribution in [2.24, 2.45) is 0 Å². The van der Waals surface area contributed by atoms with Crippen LogP contribution in [0, 0.1) is 25.2 Å². The third-order valence-corrected chi connectivity index (χ3v) is 5.67. The van der Waals surface area contributed by atoms with Crippen molar-refractivity contribution in [3.05, 3.63) is 46.8 Å². The van der Waals surface area contributed by atoms with Crippen LogP contribution in [0.3, 0.4) is 0 Å². The molecule has 7 nitrogen and oxygen atoms in total. The van der Waals surface area contributed by atoms with Crippen molar-refractivity contribution in [2.75, 3.05) is 5.32 Å². The van der Waals surface area contributed by atoms with Gasteiger partial charge >= 0.3 is 0 Å². The maximum Gasteiger partial charge on any atom is 0.253 e. The highest BCUT2D eigenvalue weighted by molar-refractivity contribution is 8.00. The molecule has 1 atom stereocenters. The Morgan fingerprint density at radius 3 is 2.86 bits per heavy atom. The van der Waals surface area contributed by atoms with Crippen LogP contribution in [0.4, 0.5) is 5.69 Å². The Morgan fingerprint density at radius 1 is 1.34 bits per heavy atom. The number of nitrogens with one attached hydrogen (secondary N) is 1. The summed E-state index contributed by atoms with van der Waals surface area (Å²) in [6.45, 7) is 8.01. The second-order valence-electron chi connectivity index (χ2n) is 6.91. The van der Waals surface area contributed by atoms with Gasteiger partial charge in [-0.1, -0.05) is 31.2 Å². The molecule has 1 amide bonds. The molecule has 1 N–H and O–H groups in total. The molecular weight excluding hydrogens is 384 g/mol. The van der Waals surface area contributed by atoms with Crippen molar-refractivity contribution < 1.29 is 4.79 Å². The van der Waals surface area contributed by atoms with Gasteiger partial charge < -0.3 is 5.32 Å². The summed E-state index contributed by atoms with van der Waals surface area (Å²) < 4.78 is 1.77. The van der Waals surface area contributed by atoms with E-state index in [2.05, 4.69) is 33.4 Å². The van der Waals surface area contributed by atoms with E-state index in [1.54, 1.807) is 35.7 Å². The van der Waals surface area contributed by atoms with Crippen molar-refractivity contribution in [2.45, 2.75) is 57.4 Å². The molecule has 3 aromatic rings. The van der Waals surface area contributed by atoms with Gasteiger partial charge in [-0.05, 0) is 57.4 Å². The lowest BCUT2D eigenvalue weighted by Gasteiger charge is -2.10. The summed E-state index contributed by atoms with van der Waals surface area (Å²) in [4.78, 5) is 21.6. The van der Waals surface area contributed by atoms with Gasteiger partial charge in [0.1, 0.15) is 0 Å². The highest BCUT2D eigenvalue weighted by Crippen LogP contribution is 2.23. The number of thioether (sulfide) groups is 1. The van der Waals surface area contributed by atoms with Crippen LogP contribution in [0.15, 0.2) is 29.4 Å². The fourth-order valence-electron chi connectivity index (χ4n) is 3.08. The lowest BCUT2D eigenvalue weighted by molar-refractivity contribution is -0.115. The van der Waals surface area contributed by atoms with E-state index in [-0.39, 0.29) is 5.91 Å². The molecule has 0 bridgehead atoms. The predicted molar refractivity (Wildman–Crippen MR) is 114 cm³/mol. The topological polar surface area (TPSA) is 96.0 Å². The number of aromatic nitrogens is 4. The first-order valence-corrected chi connectivity index (χ1v) is 10.5. The van der Waals surface area contributed by atoms with E-state index in [1.807, 2.05) is 13.8 Å². The van der Waals surface area contributed by atoms with Crippen molar-refractivity contribution in [3.63, 3.8) is 0 Å². The Hall–Kier alpha value is -2.92. The molecule has 8 heteroatoms. The minimum Gasteiger partial charge on any atom is -0.325 e. The maximum absolute atomic E-state index is 12.5. The van der Waals surface area contributed by atoms with Gasteiger partial charge in [0.2, 0.25) is 11.1 Å². The van der Waals surface area contributed by atoms with Crippen LogP contribution in [-0.4, -0.2) is 30.7 Å². The Labute approximate surface area is 174 Å². The largest absolute Gasteiger partial charge is 0.325 e. The first-order valence-electron chi connectivity index (χ1n) is 9.63. The summed E-state index contributed by atoms with van der Waals surface area (Å²) in [6, 6.07) is 8.90. The molecular formula is C21H24N6OS. The van der Waals surface area contributed by atoms with Crippen molar-refractivity contribution in [1.29, 1.82) is 5.26 Å². The van der Waals surface area contributed by atoms with Gasteiger partial charge in [0, 0.05) is 17.1 Å². The van der Waals surface area contributed by atoms with Crippen molar-refractivity contribution in [3.8, 4) is 6.07 Å². The fraction of sp³-hybridized carbons (Fsp3) is 0.381. The molecule has 0 radical (unpaired) electrons. The Balaban J connectivity index is 1.76. The fourth-order valence-corrected chi connectivity index (χ4v) is 3.82. The number of anilines is 1. The van der Waals surface area contributed by atoms with E-state index in [4.69, 9.17) is 5.26 Å². The van der Waals surface area contributed by atoms with Crippen molar-refractivity contribution in [1.82, 2.24) is 19.6 Å². The van der Waals surface area contributed by atoms with Gasteiger partial charge in [-0.25, -0.2) is 9.50 Å². The molecule has 1 unspecified atom stereocenters. The monoisotopic (exact) mass is 408 g/mol. The van der Waals surface area contributed by atoms with Crippen LogP contribution in [0.5, 0.6) is 0 Å². The number of carbonyl (C=O) groups is 1. The lowest BCUT2D eigenvalue weighted by Crippen LogP contribution is -2.22. The second-order valence-corrected chi connectivity index (χ2v) is 8.22. The predicted octanol–water partition coefficient (Wildman–Crippen LogP) is 4.07. The van der Waals surface area contributed by atoms with Crippen LogP contribution in [0.2, 0.25) is 0 Å². The maximum atomic E-state index is 12.5. The number of benzene rings is 1. The first kappa shape index (κ1) is 20.8.